The van der Waals surface area contributed by atoms with Gasteiger partial charge in [0.15, 0.2) is 0 Å². The van der Waals surface area contributed by atoms with Crippen molar-refractivity contribution in [2.75, 3.05) is 21.3 Å². The van der Waals surface area contributed by atoms with Gasteiger partial charge in [-0.2, -0.15) is 0 Å². The molecule has 112 valence electrons. The summed E-state index contributed by atoms with van der Waals surface area (Å²) in [7, 11) is 5.16. The van der Waals surface area contributed by atoms with Gasteiger partial charge in [0.2, 0.25) is 0 Å². The molecule has 0 saturated heterocycles. The summed E-state index contributed by atoms with van der Waals surface area (Å²) in [5.41, 5.74) is 1.88. The molecule has 1 unspecified atom stereocenters. The van der Waals surface area contributed by atoms with Gasteiger partial charge in [0.05, 0.1) is 26.0 Å². The van der Waals surface area contributed by atoms with Crippen molar-refractivity contribution in [3.63, 3.8) is 0 Å². The highest BCUT2D eigenvalue weighted by atomic mass is 79.9. The molecular weight excluding hydrogens is 400 g/mol. The van der Waals surface area contributed by atoms with E-state index in [0.29, 0.717) is 0 Å². The maximum atomic E-state index is 5.55. The molecule has 0 aliphatic carbocycles. The summed E-state index contributed by atoms with van der Waals surface area (Å²) >= 11 is 7.08. The Bertz CT molecular complexity index is 635. The first-order valence-corrected chi connectivity index (χ1v) is 7.90. The first-order chi connectivity index (χ1) is 10.1. The fraction of sp³-hybridized carbons (Fsp3) is 0.267. The van der Waals surface area contributed by atoms with E-state index in [9.17, 15) is 0 Å². The zero-order chi connectivity index (χ0) is 15.4. The highest BCUT2D eigenvalue weighted by Gasteiger charge is 2.23. The number of aromatic nitrogens is 1. The van der Waals surface area contributed by atoms with Crippen molar-refractivity contribution >= 4 is 31.9 Å². The van der Waals surface area contributed by atoms with Crippen LogP contribution in [-0.2, 0) is 0 Å². The van der Waals surface area contributed by atoms with Crippen molar-refractivity contribution in [1.82, 2.24) is 10.3 Å². The van der Waals surface area contributed by atoms with Gasteiger partial charge in [-0.1, -0.05) is 0 Å². The van der Waals surface area contributed by atoms with Gasteiger partial charge in [0.1, 0.15) is 16.0 Å². The number of hydrogen-bond acceptors (Lipinski definition) is 4. The molecule has 0 fully saturated rings. The van der Waals surface area contributed by atoms with Gasteiger partial charge in [0.25, 0.3) is 0 Å². The van der Waals surface area contributed by atoms with Crippen molar-refractivity contribution < 1.29 is 9.47 Å². The average molecular weight is 416 g/mol. The Hall–Kier alpha value is -1.11. The molecule has 0 spiro atoms. The first kappa shape index (κ1) is 16.3. The van der Waals surface area contributed by atoms with Crippen molar-refractivity contribution in [2.45, 2.75) is 6.04 Å². The molecule has 0 bridgehead atoms. The Morgan fingerprint density at radius 2 is 1.90 bits per heavy atom. The molecule has 1 aromatic carbocycles. The Kier molecular flexibility index (Phi) is 5.61. The van der Waals surface area contributed by atoms with Crippen molar-refractivity contribution in [2.24, 2.45) is 0 Å². The number of hydrogen-bond donors (Lipinski definition) is 1. The number of rotatable bonds is 5. The van der Waals surface area contributed by atoms with Crippen LogP contribution in [0.1, 0.15) is 17.3 Å². The predicted molar refractivity (Wildman–Crippen MR) is 90.1 cm³/mol. The molecule has 6 heteroatoms. The van der Waals surface area contributed by atoms with E-state index in [1.807, 2.05) is 31.3 Å². The average Bonchev–Trinajstić information content (AvgIpc) is 2.50. The molecule has 0 aliphatic heterocycles. The van der Waals surface area contributed by atoms with E-state index in [0.717, 1.165) is 31.7 Å². The number of pyridine rings is 1. The van der Waals surface area contributed by atoms with Gasteiger partial charge in [-0.15, -0.1) is 0 Å². The summed E-state index contributed by atoms with van der Waals surface area (Å²) < 4.78 is 12.6. The minimum Gasteiger partial charge on any atom is -0.495 e. The monoisotopic (exact) mass is 414 g/mol. The van der Waals surface area contributed by atoms with E-state index in [4.69, 9.17) is 9.47 Å². The summed E-state index contributed by atoms with van der Waals surface area (Å²) in [4.78, 5) is 4.46. The maximum absolute atomic E-state index is 5.55. The molecule has 0 amide bonds. The standard InChI is InChI=1S/C15H16Br2N2O2/c1-18-13(14-10(16)5-4-8-19-14)9-6-7-11(20-2)12(17)15(9)21-3/h4-8,13,18H,1-3H3. The van der Waals surface area contributed by atoms with Crippen LogP contribution in [0.2, 0.25) is 0 Å². The SMILES string of the molecule is CNC(c1ccc(OC)c(Br)c1OC)c1ncccc1Br. The van der Waals surface area contributed by atoms with E-state index in [-0.39, 0.29) is 6.04 Å². The lowest BCUT2D eigenvalue weighted by molar-refractivity contribution is 0.383. The van der Waals surface area contributed by atoms with Gasteiger partial charge >= 0.3 is 0 Å². The highest BCUT2D eigenvalue weighted by Crippen LogP contribution is 2.41. The van der Waals surface area contributed by atoms with Gasteiger partial charge in [-0.25, -0.2) is 0 Å². The molecule has 0 aliphatic rings. The van der Waals surface area contributed by atoms with Crippen LogP contribution in [0.5, 0.6) is 11.5 Å². The highest BCUT2D eigenvalue weighted by molar-refractivity contribution is 9.11. The minimum atomic E-state index is -0.0993. The Morgan fingerprint density at radius 3 is 2.48 bits per heavy atom. The first-order valence-electron chi connectivity index (χ1n) is 6.32. The molecule has 4 nitrogen and oxygen atoms in total. The Balaban J connectivity index is 2.58. The number of methoxy groups -OCH3 is 2. The molecule has 1 aromatic heterocycles. The second-order valence-corrected chi connectivity index (χ2v) is 5.94. The van der Waals surface area contributed by atoms with E-state index in [1.165, 1.54) is 0 Å². The number of halogens is 2. The van der Waals surface area contributed by atoms with Crippen LogP contribution in [-0.4, -0.2) is 26.3 Å². The zero-order valence-corrected chi connectivity index (χ0v) is 15.2. The van der Waals surface area contributed by atoms with Crippen molar-refractivity contribution in [3.05, 3.63) is 50.7 Å². The van der Waals surface area contributed by atoms with E-state index >= 15 is 0 Å². The van der Waals surface area contributed by atoms with Crippen molar-refractivity contribution in [1.29, 1.82) is 0 Å². The van der Waals surface area contributed by atoms with Gasteiger partial charge < -0.3 is 14.8 Å². The van der Waals surface area contributed by atoms with E-state index in [2.05, 4.69) is 42.2 Å². The van der Waals surface area contributed by atoms with Crippen molar-refractivity contribution in [3.8, 4) is 11.5 Å². The smallest absolute Gasteiger partial charge is 0.141 e. The summed E-state index contributed by atoms with van der Waals surface area (Å²) in [6.07, 6.45) is 1.77. The van der Waals surface area contributed by atoms with Gasteiger partial charge in [-0.05, 0) is 63.2 Å². The Labute approximate surface area is 141 Å². The second kappa shape index (κ2) is 7.24. The minimum absolute atomic E-state index is 0.0993. The number of nitrogens with one attached hydrogen (secondary N) is 1. The van der Waals surface area contributed by atoms with Crippen LogP contribution in [0.15, 0.2) is 39.4 Å². The predicted octanol–water partition coefficient (Wildman–Crippen LogP) is 3.93. The molecular formula is C15H16Br2N2O2. The summed E-state index contributed by atoms with van der Waals surface area (Å²) in [5.74, 6) is 1.46. The van der Waals surface area contributed by atoms with Gasteiger partial charge in [-0.3, -0.25) is 4.98 Å². The van der Waals surface area contributed by atoms with Crippen LogP contribution in [0, 0.1) is 0 Å². The molecule has 2 rings (SSSR count). The lowest BCUT2D eigenvalue weighted by Gasteiger charge is -2.21. The van der Waals surface area contributed by atoms with E-state index in [1.54, 1.807) is 20.4 Å². The third-order valence-corrected chi connectivity index (χ3v) is 4.60. The molecule has 2 aromatic rings. The fourth-order valence-electron chi connectivity index (χ4n) is 2.20. The third-order valence-electron chi connectivity index (χ3n) is 3.18. The number of ether oxygens (including phenoxy) is 2. The molecule has 0 radical (unpaired) electrons. The summed E-state index contributed by atoms with van der Waals surface area (Å²) in [6, 6.07) is 7.64. The lowest BCUT2D eigenvalue weighted by Crippen LogP contribution is -2.20. The van der Waals surface area contributed by atoms with Crippen LogP contribution in [0.4, 0.5) is 0 Å². The topological polar surface area (TPSA) is 43.4 Å². The maximum Gasteiger partial charge on any atom is 0.141 e. The molecule has 0 saturated carbocycles. The van der Waals surface area contributed by atoms with Crippen LogP contribution in [0.3, 0.4) is 0 Å². The zero-order valence-electron chi connectivity index (χ0n) is 12.0. The van der Waals surface area contributed by atoms with Crippen LogP contribution < -0.4 is 14.8 Å². The van der Waals surface area contributed by atoms with Gasteiger partial charge in [0, 0.05) is 16.2 Å². The lowest BCUT2D eigenvalue weighted by atomic mass is 10.0. The van der Waals surface area contributed by atoms with Crippen LogP contribution in [0.25, 0.3) is 0 Å². The van der Waals surface area contributed by atoms with Crippen LogP contribution >= 0.6 is 31.9 Å². The number of nitrogens with zero attached hydrogens (tertiary/aromatic N) is 1. The largest absolute Gasteiger partial charge is 0.495 e. The normalized spacial score (nSPS) is 12.0. The quantitative estimate of drug-likeness (QED) is 0.803. The molecule has 21 heavy (non-hydrogen) atoms. The summed E-state index contributed by atoms with van der Waals surface area (Å²) in [5, 5.41) is 3.28. The third kappa shape index (κ3) is 3.22. The fourth-order valence-corrected chi connectivity index (χ4v) is 3.36. The molecule has 1 heterocycles. The Morgan fingerprint density at radius 1 is 1.14 bits per heavy atom. The second-order valence-electron chi connectivity index (χ2n) is 4.30. The molecule has 1 N–H and O–H groups in total. The number of benzene rings is 1. The molecule has 1 atom stereocenters. The summed E-state index contributed by atoms with van der Waals surface area (Å²) in [6.45, 7) is 0. The van der Waals surface area contributed by atoms with E-state index < -0.39 is 0 Å².